The Morgan fingerprint density at radius 1 is 1.32 bits per heavy atom. The maximum atomic E-state index is 11.7. The normalized spacial score (nSPS) is 14.5. The SMILES string of the molecule is CC1(C)OC(=O)Nc2cc([N+](=O)[O-])c(OCCCC=NOSc3ccc(Cl)cc3)cc21. The standard InChI is InChI=1S/C20H20ClN3O6S/c1-20(2)15-11-18(17(24(26)27)12-16(15)23-19(25)29-20)28-10-4-3-9-22-30-31-14-7-5-13(21)6-8-14/h5-9,11-12H,3-4,10H2,1-2H3,(H,23,25). The number of rotatable bonds is 9. The van der Waals surface area contributed by atoms with Crippen molar-refractivity contribution in [3.63, 3.8) is 0 Å². The Bertz CT molecular complexity index is 997. The van der Waals surface area contributed by atoms with E-state index in [1.807, 2.05) is 12.1 Å². The summed E-state index contributed by atoms with van der Waals surface area (Å²) in [5.74, 6) is 0.114. The zero-order valence-corrected chi connectivity index (χ0v) is 18.4. The second-order valence-corrected chi connectivity index (χ2v) is 8.26. The minimum absolute atomic E-state index is 0.114. The quantitative estimate of drug-likeness (QED) is 0.161. The number of nitro groups is 1. The van der Waals surface area contributed by atoms with E-state index in [0.717, 1.165) is 16.9 Å². The Labute approximate surface area is 188 Å². The number of unbranched alkanes of at least 4 members (excludes halogenated alkanes) is 1. The van der Waals surface area contributed by atoms with Crippen molar-refractivity contribution < 1.29 is 23.5 Å². The molecule has 0 fully saturated rings. The predicted octanol–water partition coefficient (Wildman–Crippen LogP) is 5.91. The second kappa shape index (κ2) is 9.88. The van der Waals surface area contributed by atoms with Crippen molar-refractivity contribution in [2.45, 2.75) is 37.2 Å². The van der Waals surface area contributed by atoms with Crippen molar-refractivity contribution in [3.05, 3.63) is 57.1 Å². The number of carbonyl (C=O) groups excluding carboxylic acids is 1. The predicted molar refractivity (Wildman–Crippen MR) is 118 cm³/mol. The van der Waals surface area contributed by atoms with Crippen LogP contribution < -0.4 is 10.1 Å². The van der Waals surface area contributed by atoms with E-state index < -0.39 is 16.6 Å². The van der Waals surface area contributed by atoms with E-state index in [-0.39, 0.29) is 18.0 Å². The number of halogens is 1. The highest BCUT2D eigenvalue weighted by Crippen LogP contribution is 2.42. The lowest BCUT2D eigenvalue weighted by molar-refractivity contribution is -0.385. The zero-order chi connectivity index (χ0) is 22.4. The highest BCUT2D eigenvalue weighted by Gasteiger charge is 2.36. The van der Waals surface area contributed by atoms with Crippen molar-refractivity contribution >= 4 is 47.3 Å². The molecular formula is C20H20ClN3O6S. The molecule has 0 spiro atoms. The molecule has 0 aromatic heterocycles. The molecule has 9 nitrogen and oxygen atoms in total. The third-order valence-corrected chi connectivity index (χ3v) is 5.21. The van der Waals surface area contributed by atoms with Crippen LogP contribution in [0.3, 0.4) is 0 Å². The van der Waals surface area contributed by atoms with Crippen LogP contribution in [-0.2, 0) is 14.6 Å². The Morgan fingerprint density at radius 2 is 2.06 bits per heavy atom. The summed E-state index contributed by atoms with van der Waals surface area (Å²) >= 11 is 6.92. The largest absolute Gasteiger partial charge is 0.487 e. The molecule has 11 heteroatoms. The van der Waals surface area contributed by atoms with Gasteiger partial charge in [0.15, 0.2) is 5.75 Å². The smallest absolute Gasteiger partial charge is 0.412 e. The molecule has 2 aromatic rings. The molecule has 31 heavy (non-hydrogen) atoms. The Hall–Kier alpha value is -2.98. The number of hydrogen-bond acceptors (Lipinski definition) is 8. The summed E-state index contributed by atoms with van der Waals surface area (Å²) in [5.41, 5.74) is -0.228. The minimum atomic E-state index is -0.934. The lowest BCUT2D eigenvalue weighted by Gasteiger charge is -2.32. The first-order chi connectivity index (χ1) is 14.8. The van der Waals surface area contributed by atoms with Crippen LogP contribution in [0.4, 0.5) is 16.2 Å². The summed E-state index contributed by atoms with van der Waals surface area (Å²) in [4.78, 5) is 23.4. The fourth-order valence-corrected chi connectivity index (χ4v) is 3.41. The Balaban J connectivity index is 1.52. The molecule has 164 valence electrons. The number of nitrogens with zero attached hydrogens (tertiary/aromatic N) is 2. The lowest BCUT2D eigenvalue weighted by atomic mass is 9.94. The van der Waals surface area contributed by atoms with Crippen LogP contribution >= 0.6 is 23.6 Å². The van der Waals surface area contributed by atoms with E-state index >= 15 is 0 Å². The van der Waals surface area contributed by atoms with Gasteiger partial charge in [-0.1, -0.05) is 16.8 Å². The van der Waals surface area contributed by atoms with Crippen LogP contribution in [-0.4, -0.2) is 23.8 Å². The first-order valence-electron chi connectivity index (χ1n) is 9.33. The topological polar surface area (TPSA) is 112 Å². The second-order valence-electron chi connectivity index (χ2n) is 7.04. The number of fused-ring (bicyclic) bond motifs is 1. The van der Waals surface area contributed by atoms with Crippen LogP contribution in [0.1, 0.15) is 32.3 Å². The number of ether oxygens (including phenoxy) is 2. The van der Waals surface area contributed by atoms with E-state index in [2.05, 4.69) is 10.5 Å². The van der Waals surface area contributed by atoms with E-state index in [9.17, 15) is 14.9 Å². The monoisotopic (exact) mass is 465 g/mol. The van der Waals surface area contributed by atoms with Crippen molar-refractivity contribution in [2.24, 2.45) is 5.16 Å². The molecule has 0 radical (unpaired) electrons. The molecule has 1 N–H and O–H groups in total. The summed E-state index contributed by atoms with van der Waals surface area (Å²) in [7, 11) is 0. The highest BCUT2D eigenvalue weighted by atomic mass is 35.5. The molecule has 1 heterocycles. The van der Waals surface area contributed by atoms with Gasteiger partial charge in [-0.3, -0.25) is 15.4 Å². The number of nitrogens with one attached hydrogen (secondary N) is 1. The van der Waals surface area contributed by atoms with E-state index in [4.69, 9.17) is 25.4 Å². The summed E-state index contributed by atoms with van der Waals surface area (Å²) < 4.78 is 16.0. The number of hydrogen-bond donors (Lipinski definition) is 1. The van der Waals surface area contributed by atoms with Crippen molar-refractivity contribution in [1.82, 2.24) is 0 Å². The summed E-state index contributed by atoms with van der Waals surface area (Å²) in [6, 6.07) is 9.98. The van der Waals surface area contributed by atoms with Gasteiger partial charge in [-0.15, -0.1) is 0 Å². The highest BCUT2D eigenvalue weighted by molar-refractivity contribution is 7.94. The van der Waals surface area contributed by atoms with Crippen molar-refractivity contribution in [2.75, 3.05) is 11.9 Å². The van der Waals surface area contributed by atoms with Crippen LogP contribution in [0, 0.1) is 10.1 Å². The summed E-state index contributed by atoms with van der Waals surface area (Å²) in [6.07, 6.45) is 2.07. The summed E-state index contributed by atoms with van der Waals surface area (Å²) in [6.45, 7) is 3.65. The van der Waals surface area contributed by atoms with Gasteiger partial charge < -0.3 is 13.8 Å². The van der Waals surface area contributed by atoms with Gasteiger partial charge in [0, 0.05) is 22.9 Å². The number of anilines is 1. The third kappa shape index (κ3) is 6.02. The number of benzene rings is 2. The van der Waals surface area contributed by atoms with E-state index in [1.54, 1.807) is 32.2 Å². The summed E-state index contributed by atoms with van der Waals surface area (Å²) in [5, 5.41) is 18.4. The zero-order valence-electron chi connectivity index (χ0n) is 16.8. The molecule has 3 rings (SSSR count). The Kier molecular flexibility index (Phi) is 7.24. The fraction of sp³-hybridized carbons (Fsp3) is 0.300. The van der Waals surface area contributed by atoms with Gasteiger partial charge in [-0.05, 0) is 57.0 Å². The molecule has 0 aliphatic carbocycles. The first kappa shape index (κ1) is 22.7. The van der Waals surface area contributed by atoms with Crippen molar-refractivity contribution in [1.29, 1.82) is 0 Å². The molecule has 0 saturated heterocycles. The third-order valence-electron chi connectivity index (χ3n) is 4.33. The van der Waals surface area contributed by atoms with Gasteiger partial charge in [-0.2, -0.15) is 0 Å². The average molecular weight is 466 g/mol. The average Bonchev–Trinajstić information content (AvgIpc) is 2.70. The van der Waals surface area contributed by atoms with Gasteiger partial charge in [0.05, 0.1) is 22.1 Å². The Morgan fingerprint density at radius 3 is 2.77 bits per heavy atom. The van der Waals surface area contributed by atoms with E-state index in [1.165, 1.54) is 12.1 Å². The van der Waals surface area contributed by atoms with Crippen molar-refractivity contribution in [3.8, 4) is 5.75 Å². The van der Waals surface area contributed by atoms with Crippen LogP contribution in [0.15, 0.2) is 46.4 Å². The molecule has 0 atom stereocenters. The fourth-order valence-electron chi connectivity index (χ4n) is 2.84. The number of nitro benzene ring substituents is 1. The molecule has 1 aliphatic heterocycles. The van der Waals surface area contributed by atoms with Gasteiger partial charge in [0.2, 0.25) is 0 Å². The number of oxime groups is 1. The number of amides is 1. The van der Waals surface area contributed by atoms with Gasteiger partial charge in [0.1, 0.15) is 17.6 Å². The van der Waals surface area contributed by atoms with Crippen LogP contribution in [0.2, 0.25) is 5.02 Å². The molecule has 0 unspecified atom stereocenters. The molecule has 0 saturated carbocycles. The molecule has 2 aromatic carbocycles. The molecular weight excluding hydrogens is 446 g/mol. The van der Waals surface area contributed by atoms with Gasteiger partial charge in [0.25, 0.3) is 0 Å². The maximum absolute atomic E-state index is 11.7. The lowest BCUT2D eigenvalue weighted by Crippen LogP contribution is -2.34. The van der Waals surface area contributed by atoms with Gasteiger partial charge >= 0.3 is 11.8 Å². The maximum Gasteiger partial charge on any atom is 0.412 e. The van der Waals surface area contributed by atoms with Crippen LogP contribution in [0.25, 0.3) is 0 Å². The van der Waals surface area contributed by atoms with Crippen LogP contribution in [0.5, 0.6) is 5.75 Å². The number of carbonyl (C=O) groups is 1. The minimum Gasteiger partial charge on any atom is -0.487 e. The molecule has 0 bridgehead atoms. The molecule has 1 aliphatic rings. The van der Waals surface area contributed by atoms with Gasteiger partial charge in [-0.25, -0.2) is 4.79 Å². The number of cyclic esters (lactones) is 1. The first-order valence-corrected chi connectivity index (χ1v) is 10.4. The molecule has 1 amide bonds. The van der Waals surface area contributed by atoms with E-state index in [0.29, 0.717) is 29.1 Å².